The molecule has 8 heteroatoms. The third-order valence-electron chi connectivity index (χ3n) is 3.60. The van der Waals surface area contributed by atoms with E-state index in [0.29, 0.717) is 30.0 Å². The number of benzene rings is 2. The molecule has 2 aromatic rings. The van der Waals surface area contributed by atoms with Gasteiger partial charge in [-0.1, -0.05) is 0 Å². The highest BCUT2D eigenvalue weighted by atomic mass is 16.5. The minimum Gasteiger partial charge on any atom is -0.490 e. The predicted octanol–water partition coefficient (Wildman–Crippen LogP) is 2.55. The van der Waals surface area contributed by atoms with Crippen LogP contribution < -0.4 is 20.1 Å². The lowest BCUT2D eigenvalue weighted by atomic mass is 10.1. The van der Waals surface area contributed by atoms with Gasteiger partial charge >= 0.3 is 5.97 Å². The van der Waals surface area contributed by atoms with Gasteiger partial charge in [-0.25, -0.2) is 4.79 Å². The van der Waals surface area contributed by atoms with E-state index >= 15 is 0 Å². The molecule has 2 aromatic carbocycles. The Morgan fingerprint density at radius 3 is 2.18 bits per heavy atom. The Labute approximate surface area is 162 Å². The highest BCUT2D eigenvalue weighted by molar-refractivity contribution is 6.05. The first-order chi connectivity index (χ1) is 13.4. The molecule has 0 unspecified atom stereocenters. The molecule has 8 nitrogen and oxygen atoms in total. The largest absolute Gasteiger partial charge is 0.490 e. The molecule has 2 rings (SSSR count). The third-order valence-corrected chi connectivity index (χ3v) is 3.60. The van der Waals surface area contributed by atoms with Gasteiger partial charge in [0.15, 0.2) is 18.1 Å². The van der Waals surface area contributed by atoms with Crippen molar-refractivity contribution < 1.29 is 29.0 Å². The van der Waals surface area contributed by atoms with Crippen molar-refractivity contribution in [2.75, 3.05) is 25.1 Å². The van der Waals surface area contributed by atoms with E-state index in [1.807, 2.05) is 6.92 Å². The number of carboxylic acids is 1. The van der Waals surface area contributed by atoms with Crippen molar-refractivity contribution in [3.05, 3.63) is 53.6 Å². The molecule has 0 saturated carbocycles. The van der Waals surface area contributed by atoms with Crippen molar-refractivity contribution >= 4 is 23.5 Å². The van der Waals surface area contributed by atoms with Crippen molar-refractivity contribution in [1.29, 1.82) is 0 Å². The summed E-state index contributed by atoms with van der Waals surface area (Å²) in [7, 11) is 0. The molecule has 0 aliphatic rings. The minimum atomic E-state index is -1.11. The number of rotatable bonds is 9. The number of carbonyl (C=O) groups is 3. The molecule has 0 aliphatic heterocycles. The van der Waals surface area contributed by atoms with E-state index in [1.54, 1.807) is 31.2 Å². The van der Waals surface area contributed by atoms with Crippen molar-refractivity contribution in [2.24, 2.45) is 0 Å². The van der Waals surface area contributed by atoms with Crippen LogP contribution in [0.5, 0.6) is 11.5 Å². The van der Waals surface area contributed by atoms with E-state index in [4.69, 9.17) is 14.6 Å². The van der Waals surface area contributed by atoms with Crippen LogP contribution in [0, 0.1) is 0 Å². The Balaban J connectivity index is 2.11. The Hall–Kier alpha value is -3.55. The fourth-order valence-electron chi connectivity index (χ4n) is 2.35. The molecule has 0 saturated heterocycles. The summed E-state index contributed by atoms with van der Waals surface area (Å²) in [6, 6.07) is 11.0. The monoisotopic (exact) mass is 386 g/mol. The maximum absolute atomic E-state index is 12.5. The van der Waals surface area contributed by atoms with Gasteiger partial charge < -0.3 is 25.2 Å². The van der Waals surface area contributed by atoms with Crippen molar-refractivity contribution in [1.82, 2.24) is 5.32 Å². The lowest BCUT2D eigenvalue weighted by Crippen LogP contribution is -2.22. The molecule has 0 heterocycles. The Morgan fingerprint density at radius 2 is 1.57 bits per heavy atom. The van der Waals surface area contributed by atoms with Gasteiger partial charge in [0.05, 0.1) is 6.61 Å². The molecular weight excluding hydrogens is 364 g/mol. The number of aliphatic carboxylic acids is 1. The molecule has 0 aliphatic carbocycles. The Bertz CT molecular complexity index is 848. The highest BCUT2D eigenvalue weighted by Crippen LogP contribution is 2.29. The Morgan fingerprint density at radius 1 is 0.893 bits per heavy atom. The predicted molar refractivity (Wildman–Crippen MR) is 103 cm³/mol. The van der Waals surface area contributed by atoms with Gasteiger partial charge in [0.1, 0.15) is 0 Å². The molecule has 28 heavy (non-hydrogen) atoms. The fraction of sp³-hybridized carbons (Fsp3) is 0.250. The smallest absolute Gasteiger partial charge is 0.341 e. The third kappa shape index (κ3) is 5.73. The molecular formula is C20H22N2O6. The van der Waals surface area contributed by atoms with Crippen molar-refractivity contribution in [3.63, 3.8) is 0 Å². The van der Waals surface area contributed by atoms with Crippen LogP contribution in [0.15, 0.2) is 42.5 Å². The summed E-state index contributed by atoms with van der Waals surface area (Å²) in [6.45, 7) is 3.95. The van der Waals surface area contributed by atoms with E-state index in [-0.39, 0.29) is 23.3 Å². The summed E-state index contributed by atoms with van der Waals surface area (Å²) in [5.41, 5.74) is 1.35. The van der Waals surface area contributed by atoms with E-state index < -0.39 is 12.6 Å². The quantitative estimate of drug-likeness (QED) is 0.610. The molecule has 0 aromatic heterocycles. The van der Waals surface area contributed by atoms with Gasteiger partial charge in [-0.3, -0.25) is 9.59 Å². The van der Waals surface area contributed by atoms with Crippen molar-refractivity contribution in [2.45, 2.75) is 13.8 Å². The summed E-state index contributed by atoms with van der Waals surface area (Å²) in [6.07, 6.45) is 0. The van der Waals surface area contributed by atoms with Crippen LogP contribution in [-0.4, -0.2) is 42.6 Å². The molecule has 0 atom stereocenters. The van der Waals surface area contributed by atoms with Crippen LogP contribution >= 0.6 is 0 Å². The number of amides is 2. The number of hydrogen-bond acceptors (Lipinski definition) is 5. The highest BCUT2D eigenvalue weighted by Gasteiger charge is 2.13. The molecule has 3 N–H and O–H groups in total. The topological polar surface area (TPSA) is 114 Å². The normalized spacial score (nSPS) is 10.1. The van der Waals surface area contributed by atoms with E-state index in [0.717, 1.165) is 0 Å². The molecule has 148 valence electrons. The van der Waals surface area contributed by atoms with Gasteiger partial charge in [0, 0.05) is 23.4 Å². The molecule has 2 amide bonds. The molecule has 0 radical (unpaired) electrons. The second-order valence-electron chi connectivity index (χ2n) is 5.67. The van der Waals surface area contributed by atoms with Crippen LogP contribution in [0.1, 0.15) is 34.6 Å². The van der Waals surface area contributed by atoms with Gasteiger partial charge in [-0.15, -0.1) is 0 Å². The molecule has 0 bridgehead atoms. The Kier molecular flexibility index (Phi) is 7.38. The van der Waals surface area contributed by atoms with E-state index in [2.05, 4.69) is 10.6 Å². The number of carboxylic acid groups (broad SMARTS) is 1. The summed E-state index contributed by atoms with van der Waals surface area (Å²) in [4.78, 5) is 34.9. The number of carbonyl (C=O) groups excluding carboxylic acids is 2. The average molecular weight is 386 g/mol. The molecule has 0 fully saturated rings. The van der Waals surface area contributed by atoms with E-state index in [1.165, 1.54) is 18.2 Å². The zero-order valence-corrected chi connectivity index (χ0v) is 15.7. The van der Waals surface area contributed by atoms with Crippen molar-refractivity contribution in [3.8, 4) is 11.5 Å². The first-order valence-corrected chi connectivity index (χ1v) is 8.75. The lowest BCUT2D eigenvalue weighted by Gasteiger charge is -2.12. The summed E-state index contributed by atoms with van der Waals surface area (Å²) in [5, 5.41) is 14.2. The lowest BCUT2D eigenvalue weighted by molar-refractivity contribution is -0.139. The second-order valence-corrected chi connectivity index (χ2v) is 5.67. The van der Waals surface area contributed by atoms with Gasteiger partial charge in [-0.2, -0.15) is 0 Å². The summed E-state index contributed by atoms with van der Waals surface area (Å²) >= 11 is 0. The van der Waals surface area contributed by atoms with Gasteiger partial charge in [0.25, 0.3) is 11.8 Å². The van der Waals surface area contributed by atoms with Crippen LogP contribution in [0.4, 0.5) is 5.69 Å². The van der Waals surface area contributed by atoms with Crippen LogP contribution in [0.3, 0.4) is 0 Å². The maximum Gasteiger partial charge on any atom is 0.341 e. The van der Waals surface area contributed by atoms with Gasteiger partial charge in [-0.05, 0) is 56.3 Å². The minimum absolute atomic E-state index is 0.182. The average Bonchev–Trinajstić information content (AvgIpc) is 2.67. The number of anilines is 1. The summed E-state index contributed by atoms with van der Waals surface area (Å²) in [5.74, 6) is -1.15. The zero-order valence-electron chi connectivity index (χ0n) is 15.7. The van der Waals surface area contributed by atoms with Gasteiger partial charge in [0.2, 0.25) is 0 Å². The number of hydrogen-bond donors (Lipinski definition) is 3. The van der Waals surface area contributed by atoms with E-state index in [9.17, 15) is 14.4 Å². The standard InChI is InChI=1S/C20H22N2O6/c1-3-21-19(25)13-5-8-15(9-6-13)22-20(26)14-7-10-16(28-12-18(23)24)17(11-14)27-4-2/h5-11H,3-4,12H2,1-2H3,(H,21,25)(H,22,26)(H,23,24). The number of nitrogens with one attached hydrogen (secondary N) is 2. The first-order valence-electron chi connectivity index (χ1n) is 8.75. The second kappa shape index (κ2) is 9.96. The van der Waals surface area contributed by atoms with Crippen LogP contribution in [0.2, 0.25) is 0 Å². The summed E-state index contributed by atoms with van der Waals surface area (Å²) < 4.78 is 10.6. The fourth-order valence-corrected chi connectivity index (χ4v) is 2.35. The van der Waals surface area contributed by atoms with Crippen LogP contribution in [0.25, 0.3) is 0 Å². The molecule has 0 spiro atoms. The first kappa shape index (κ1) is 20.8. The van der Waals surface area contributed by atoms with Crippen LogP contribution in [-0.2, 0) is 4.79 Å². The number of ether oxygens (including phenoxy) is 2. The SMILES string of the molecule is CCNC(=O)c1ccc(NC(=O)c2ccc(OCC(=O)O)c(OCC)c2)cc1. The maximum atomic E-state index is 12.5. The zero-order chi connectivity index (χ0) is 20.5.